The van der Waals surface area contributed by atoms with Crippen molar-refractivity contribution >= 4 is 98.2 Å². The van der Waals surface area contributed by atoms with Gasteiger partial charge in [0.1, 0.15) is 18.8 Å². The van der Waals surface area contributed by atoms with E-state index in [9.17, 15) is 48.9 Å². The number of nitrogens with one attached hydrogen (secondary N) is 6. The lowest BCUT2D eigenvalue weighted by atomic mass is 9.51. The molecular formula is C73H98B3N13O14. The number of carbonyl (C=O) groups excluding carboxylic acids is 6. The Balaban J connectivity index is 0.943. The minimum Gasteiger partial charge on any atom is -0.556 e. The van der Waals surface area contributed by atoms with Crippen LogP contribution in [0.25, 0.3) is 21.3 Å². The number of fused-ring (bicyclic) bond motifs is 1. The van der Waals surface area contributed by atoms with E-state index in [1.165, 1.54) is 35.0 Å². The Morgan fingerprint density at radius 3 is 1.66 bits per heavy atom. The predicted molar refractivity (Wildman–Crippen MR) is 398 cm³/mol. The summed E-state index contributed by atoms with van der Waals surface area (Å²) in [4.78, 5) is 116. The molecule has 0 saturated carbocycles. The van der Waals surface area contributed by atoms with Crippen molar-refractivity contribution < 1.29 is 57.0 Å². The molecule has 0 spiro atoms. The standard InChI is InChI=1S/C73H98B3N13O14/c1-76(98)80-35-19-13-7-10-16-22-66(92)83-53-26-30-57-61(45-53)73(32-31-67(93)86(2)36-38-99-40-41-100-39-37-87(3)70(95)63-46-54(84-85-79)47-89(63)69(94)50-23-27-58-62(42-50)88(4)72(97)103-71(58)96)59-43-51(81-64(90)20-14-8-5-11-17-33-74-101-48-77)24-28-55(59)68(57)56-29-25-52(44-60(56)73)82-65(91)21-15-9-6-12-18-34-75-102-49-78/h23-30,42-45,48-49,54,63,68,77-78,80,98H,5-22,31-41,46-47H2,1-4H3,(H,81,90)(H,82,91)(H,83,92)/t54-,63-,68?,73?/m0/s1. The summed E-state index contributed by atoms with van der Waals surface area (Å²) in [6, 6.07) is 20.7. The van der Waals surface area contributed by atoms with Crippen LogP contribution in [0, 0.1) is 10.8 Å². The summed E-state index contributed by atoms with van der Waals surface area (Å²) >= 11 is 0. The fourth-order valence-electron chi connectivity index (χ4n) is 14.1. The molecule has 27 nitrogen and oxygen atoms in total. The molecule has 6 amide bonds. The van der Waals surface area contributed by atoms with Crippen molar-refractivity contribution in [2.24, 2.45) is 12.2 Å². The molecule has 2 bridgehead atoms. The number of anilines is 3. The van der Waals surface area contributed by atoms with Crippen LogP contribution in [0.4, 0.5) is 17.1 Å². The maximum absolute atomic E-state index is 14.7. The van der Waals surface area contributed by atoms with Gasteiger partial charge in [0.2, 0.25) is 29.5 Å². The van der Waals surface area contributed by atoms with Crippen LogP contribution in [0.2, 0.25) is 19.5 Å². The summed E-state index contributed by atoms with van der Waals surface area (Å²) in [6.07, 6.45) is 18.1. The third-order valence-corrected chi connectivity index (χ3v) is 19.5. The van der Waals surface area contributed by atoms with E-state index in [0.29, 0.717) is 55.6 Å². The summed E-state index contributed by atoms with van der Waals surface area (Å²) in [5.74, 6) is -2.62. The number of carbonyl (C=O) groups is 6. The first-order valence-electron chi connectivity index (χ1n) is 36.2. The van der Waals surface area contributed by atoms with E-state index < -0.39 is 47.7 Å². The molecule has 1 fully saturated rings. The van der Waals surface area contributed by atoms with Crippen molar-refractivity contribution in [1.82, 2.24) is 24.5 Å². The van der Waals surface area contributed by atoms with Crippen LogP contribution in [-0.4, -0.2) is 173 Å². The molecule has 103 heavy (non-hydrogen) atoms. The maximum atomic E-state index is 14.7. The third kappa shape index (κ3) is 22.2. The topological polar surface area (TPSA) is 366 Å². The lowest BCUT2D eigenvalue weighted by Crippen LogP contribution is -2.47. The highest BCUT2D eigenvalue weighted by atomic mass is 16.5. The minimum atomic E-state index is -1.03. The van der Waals surface area contributed by atoms with Crippen molar-refractivity contribution in [1.29, 1.82) is 10.8 Å². The molecule has 0 unspecified atom stereocenters. The zero-order valence-corrected chi connectivity index (χ0v) is 59.9. The molecule has 30 heteroatoms. The van der Waals surface area contributed by atoms with Gasteiger partial charge in [0.15, 0.2) is 0 Å². The number of amides is 6. The normalized spacial score (nSPS) is 15.9. The zero-order chi connectivity index (χ0) is 73.7. The van der Waals surface area contributed by atoms with E-state index in [1.807, 2.05) is 36.4 Å². The Morgan fingerprint density at radius 1 is 0.680 bits per heavy atom. The maximum Gasteiger partial charge on any atom is 0.422 e. The molecule has 4 aliphatic rings. The van der Waals surface area contributed by atoms with Gasteiger partial charge < -0.3 is 64.1 Å². The Kier molecular flexibility index (Phi) is 31.5. The summed E-state index contributed by atoms with van der Waals surface area (Å²) < 4.78 is 27.5. The van der Waals surface area contributed by atoms with Gasteiger partial charge in [0.05, 0.1) is 43.4 Å². The smallest absolute Gasteiger partial charge is 0.422 e. The quantitative estimate of drug-likeness (QED) is 0.00362. The molecule has 2 radical (unpaired) electrons. The van der Waals surface area contributed by atoms with Crippen LogP contribution in [0.5, 0.6) is 0 Å². The minimum absolute atomic E-state index is 0.0287. The second-order valence-corrected chi connectivity index (χ2v) is 26.8. The second kappa shape index (κ2) is 40.7. The number of unbranched alkanes of at least 4 members (excludes halogenated alkanes) is 12. The molecule has 2 heterocycles. The molecule has 1 aliphatic heterocycles. The second-order valence-electron chi connectivity index (χ2n) is 26.8. The molecule has 548 valence electrons. The predicted octanol–water partition coefficient (Wildman–Crippen LogP) is 9.82. The van der Waals surface area contributed by atoms with E-state index in [1.54, 1.807) is 40.8 Å². The number of likely N-dealkylation sites (tertiary alicyclic amines) is 1. The molecule has 3 aliphatic carbocycles. The number of hydrogen-bond donors (Lipinski definition) is 7. The van der Waals surface area contributed by atoms with E-state index in [0.717, 1.165) is 147 Å². The summed E-state index contributed by atoms with van der Waals surface area (Å²) in [7, 11) is 7.40. The number of aromatic nitrogens is 1. The number of benzene rings is 4. The number of hydrogen-bond acceptors (Lipinski definition) is 18. The Labute approximate surface area is 603 Å². The van der Waals surface area contributed by atoms with Crippen LogP contribution in [0.3, 0.4) is 0 Å². The van der Waals surface area contributed by atoms with Gasteiger partial charge in [0, 0.05) is 105 Å². The Morgan fingerprint density at radius 2 is 1.17 bits per heavy atom. The molecule has 1 aromatic heterocycles. The van der Waals surface area contributed by atoms with Gasteiger partial charge >= 0.3 is 33.4 Å². The van der Waals surface area contributed by atoms with E-state index in [4.69, 9.17) is 34.0 Å². The first-order chi connectivity index (χ1) is 49.9. The molecule has 4 aromatic carbocycles. The largest absolute Gasteiger partial charge is 0.556 e. The molecule has 7 N–H and O–H groups in total. The van der Waals surface area contributed by atoms with E-state index in [-0.39, 0.29) is 111 Å². The van der Waals surface area contributed by atoms with E-state index in [2.05, 4.69) is 49.4 Å². The first kappa shape index (κ1) is 79.6. The highest BCUT2D eigenvalue weighted by molar-refractivity contribution is 6.45. The van der Waals surface area contributed by atoms with Crippen molar-refractivity contribution in [3.8, 4) is 0 Å². The Hall–Kier alpha value is -9.08. The van der Waals surface area contributed by atoms with Crippen LogP contribution < -0.4 is 32.6 Å². The summed E-state index contributed by atoms with van der Waals surface area (Å²) in [5.41, 5.74) is 15.3. The first-order valence-corrected chi connectivity index (χ1v) is 36.2. The summed E-state index contributed by atoms with van der Waals surface area (Å²) in [6.45, 7) is 3.45. The summed E-state index contributed by atoms with van der Waals surface area (Å²) in [5, 5.41) is 40.1. The fourth-order valence-corrected chi connectivity index (χ4v) is 14.1. The zero-order valence-electron chi connectivity index (χ0n) is 59.9. The third-order valence-electron chi connectivity index (χ3n) is 19.5. The van der Waals surface area contributed by atoms with Crippen LogP contribution in [0.1, 0.15) is 184 Å². The number of nitrogens with zero attached hydrogens (tertiary/aromatic N) is 7. The number of aryl methyl sites for hydroxylation is 1. The average molecular weight is 1410 g/mol. The van der Waals surface area contributed by atoms with Gasteiger partial charge in [-0.2, -0.15) is 0 Å². The fraction of sp³-hybridized carbons (Fsp3) is 0.534. The van der Waals surface area contributed by atoms with Crippen molar-refractivity contribution in [3.05, 3.63) is 143 Å². The number of likely N-dealkylation sites (N-methyl/N-ethyl adjacent to an activating group) is 2. The SMILES string of the molecule is CB(O)NCCCCCCCC(=O)Nc1ccc2c(c1)C1(CCC(=O)N(C)CCOCCOCCN(C)C(=O)[C@@H]3C[C@H](N=[N+]=[N-])CN3C(=O)c3ccc4c(=O)oc(=O)n(C)c4c3)c3cc(NC(=O)CCCCCCC[B]OC=N)ccc3C2c2ccc(NC(=O)CCCCCCC[B]OC=N)cc21. The number of ether oxygens (including phenoxy) is 2. The van der Waals surface area contributed by atoms with Crippen molar-refractivity contribution in [2.45, 2.75) is 178 Å². The molecule has 2 atom stereocenters. The monoisotopic (exact) mass is 1410 g/mol. The molecular weight excluding hydrogens is 1320 g/mol. The lowest BCUT2D eigenvalue weighted by molar-refractivity contribution is -0.135. The highest BCUT2D eigenvalue weighted by Gasteiger charge is 2.52. The molecule has 5 aromatic rings. The highest BCUT2D eigenvalue weighted by Crippen LogP contribution is 2.62. The lowest BCUT2D eigenvalue weighted by Gasteiger charge is -2.51. The van der Waals surface area contributed by atoms with Gasteiger partial charge in [-0.05, 0) is 158 Å². The van der Waals surface area contributed by atoms with E-state index >= 15 is 0 Å². The van der Waals surface area contributed by atoms with Crippen LogP contribution in [-0.2, 0) is 55.2 Å². The molecule has 1 saturated heterocycles. The van der Waals surface area contributed by atoms with Crippen molar-refractivity contribution in [3.63, 3.8) is 0 Å². The Bertz CT molecular complexity index is 3830. The number of azide groups is 1. The van der Waals surface area contributed by atoms with Gasteiger partial charge in [-0.15, -0.1) is 0 Å². The van der Waals surface area contributed by atoms with Crippen LogP contribution >= 0.6 is 0 Å². The van der Waals surface area contributed by atoms with Crippen molar-refractivity contribution in [2.75, 3.05) is 82.7 Å². The van der Waals surface area contributed by atoms with Gasteiger partial charge in [-0.1, -0.05) is 93.9 Å². The van der Waals surface area contributed by atoms with Gasteiger partial charge in [-0.25, -0.2) is 9.59 Å². The average Bonchev–Trinajstić information content (AvgIpc) is 0.930. The molecule has 9 rings (SSSR count). The van der Waals surface area contributed by atoms with Crippen LogP contribution in [0.15, 0.2) is 91.9 Å². The van der Waals surface area contributed by atoms with Gasteiger partial charge in [-0.3, -0.25) is 44.2 Å². The van der Waals surface area contributed by atoms with Gasteiger partial charge in [0.25, 0.3) is 5.91 Å². The number of rotatable bonds is 47.